The van der Waals surface area contributed by atoms with Crippen molar-refractivity contribution in [1.29, 1.82) is 0 Å². The molecule has 4 rings (SSSR count). The summed E-state index contributed by atoms with van der Waals surface area (Å²) in [6.45, 7) is 3.21. The molecule has 1 spiro atoms. The molecule has 0 radical (unpaired) electrons. The third-order valence-electron chi connectivity index (χ3n) is 6.57. The first kappa shape index (κ1) is 24.7. The number of nitrogens with zero attached hydrogens (tertiary/aromatic N) is 2. The second-order valence-corrected chi connectivity index (χ2v) is 8.77. The molecule has 0 saturated carbocycles. The van der Waals surface area contributed by atoms with E-state index in [0.717, 1.165) is 6.42 Å². The van der Waals surface area contributed by atoms with Crippen LogP contribution >= 0.6 is 0 Å². The maximum Gasteiger partial charge on any atom is 0.256 e. The molecule has 2 heterocycles. The molecule has 1 atom stereocenters. The van der Waals surface area contributed by atoms with Crippen molar-refractivity contribution in [3.05, 3.63) is 65.5 Å². The van der Waals surface area contributed by atoms with E-state index in [9.17, 15) is 18.8 Å². The molecule has 35 heavy (non-hydrogen) atoms. The number of amides is 3. The number of carbonyl (C=O) groups excluding carboxylic acids is 3. The van der Waals surface area contributed by atoms with Gasteiger partial charge in [-0.05, 0) is 48.9 Å². The summed E-state index contributed by atoms with van der Waals surface area (Å²) in [6, 6.07) is 11.4. The van der Waals surface area contributed by atoms with Crippen LogP contribution in [0.5, 0.6) is 5.75 Å². The number of piperidine rings is 1. The van der Waals surface area contributed by atoms with Gasteiger partial charge in [-0.1, -0.05) is 13.0 Å². The molecule has 1 N–H and O–H groups in total. The molecule has 3 amide bonds. The molecule has 8 nitrogen and oxygen atoms in total. The number of likely N-dealkylation sites (tertiary alicyclic amines) is 1. The number of hydrogen-bond acceptors (Lipinski definition) is 5. The van der Waals surface area contributed by atoms with Crippen molar-refractivity contribution < 1.29 is 28.2 Å². The van der Waals surface area contributed by atoms with Gasteiger partial charge in [0.2, 0.25) is 5.91 Å². The van der Waals surface area contributed by atoms with Crippen LogP contribution in [0.2, 0.25) is 0 Å². The molecule has 0 bridgehead atoms. The first-order valence-corrected chi connectivity index (χ1v) is 11.8. The van der Waals surface area contributed by atoms with E-state index in [-0.39, 0.29) is 24.0 Å². The Labute approximate surface area is 204 Å². The van der Waals surface area contributed by atoms with Crippen LogP contribution in [0.1, 0.15) is 46.9 Å². The number of methoxy groups -OCH3 is 1. The highest BCUT2D eigenvalue weighted by Gasteiger charge is 2.54. The summed E-state index contributed by atoms with van der Waals surface area (Å²) in [5.41, 5.74) is -0.228. The van der Waals surface area contributed by atoms with E-state index in [2.05, 4.69) is 5.32 Å². The Bertz CT molecular complexity index is 1080. The predicted molar refractivity (Wildman–Crippen MR) is 126 cm³/mol. The Kier molecular flexibility index (Phi) is 7.35. The lowest BCUT2D eigenvalue weighted by molar-refractivity contribution is -0.128. The van der Waals surface area contributed by atoms with Crippen LogP contribution in [-0.4, -0.2) is 72.6 Å². The topological polar surface area (TPSA) is 88.2 Å². The molecule has 2 aromatic rings. The van der Waals surface area contributed by atoms with Gasteiger partial charge in [0.25, 0.3) is 11.8 Å². The van der Waals surface area contributed by atoms with Crippen LogP contribution < -0.4 is 10.1 Å². The highest BCUT2D eigenvalue weighted by atomic mass is 19.1. The zero-order chi connectivity index (χ0) is 25.0. The van der Waals surface area contributed by atoms with E-state index >= 15 is 0 Å². The molecule has 2 aliphatic heterocycles. The molecule has 2 aliphatic rings. The average molecular weight is 484 g/mol. The fraction of sp³-hybridized carbons (Fsp3) is 0.423. The summed E-state index contributed by atoms with van der Waals surface area (Å²) < 4.78 is 24.8. The molecular formula is C26H30FN3O5. The summed E-state index contributed by atoms with van der Waals surface area (Å²) in [4.78, 5) is 42.8. The highest BCUT2D eigenvalue weighted by Crippen LogP contribution is 2.39. The zero-order valence-electron chi connectivity index (χ0n) is 20.0. The van der Waals surface area contributed by atoms with Crippen molar-refractivity contribution in [1.82, 2.24) is 15.1 Å². The fourth-order valence-corrected chi connectivity index (χ4v) is 4.66. The summed E-state index contributed by atoms with van der Waals surface area (Å²) in [6.07, 6.45) is 1.47. The van der Waals surface area contributed by atoms with Crippen molar-refractivity contribution in [2.24, 2.45) is 0 Å². The number of benzene rings is 2. The average Bonchev–Trinajstić information content (AvgIpc) is 3.25. The number of rotatable bonds is 6. The van der Waals surface area contributed by atoms with E-state index < -0.39 is 23.5 Å². The summed E-state index contributed by atoms with van der Waals surface area (Å²) in [7, 11) is 1.55. The normalized spacial score (nSPS) is 19.0. The number of nitrogens with one attached hydrogen (secondary N) is 1. The molecule has 2 fully saturated rings. The van der Waals surface area contributed by atoms with Crippen molar-refractivity contribution in [2.75, 3.05) is 33.4 Å². The minimum absolute atomic E-state index is 0.0618. The van der Waals surface area contributed by atoms with Crippen LogP contribution in [0.15, 0.2) is 48.5 Å². The van der Waals surface area contributed by atoms with Crippen LogP contribution in [0.4, 0.5) is 4.39 Å². The monoisotopic (exact) mass is 483 g/mol. The molecule has 0 aliphatic carbocycles. The predicted octanol–water partition coefficient (Wildman–Crippen LogP) is 2.83. The van der Waals surface area contributed by atoms with Gasteiger partial charge in [0.05, 0.1) is 13.7 Å². The maximum atomic E-state index is 13.6. The summed E-state index contributed by atoms with van der Waals surface area (Å²) >= 11 is 0. The number of halogens is 1. The van der Waals surface area contributed by atoms with E-state index in [1.54, 1.807) is 36.3 Å². The smallest absolute Gasteiger partial charge is 0.256 e. The lowest BCUT2D eigenvalue weighted by atomic mass is 9.96. The van der Waals surface area contributed by atoms with Crippen molar-refractivity contribution in [3.8, 4) is 5.75 Å². The van der Waals surface area contributed by atoms with Gasteiger partial charge in [0.1, 0.15) is 23.3 Å². The highest BCUT2D eigenvalue weighted by molar-refractivity contribution is 5.98. The van der Waals surface area contributed by atoms with Gasteiger partial charge in [-0.3, -0.25) is 19.3 Å². The lowest BCUT2D eigenvalue weighted by Gasteiger charge is -2.44. The molecule has 0 aromatic heterocycles. The third-order valence-corrected chi connectivity index (χ3v) is 6.57. The van der Waals surface area contributed by atoms with Gasteiger partial charge in [0.15, 0.2) is 0 Å². The zero-order valence-corrected chi connectivity index (χ0v) is 20.0. The molecule has 0 unspecified atom stereocenters. The molecule has 9 heteroatoms. The van der Waals surface area contributed by atoms with Crippen LogP contribution in [-0.2, 0) is 9.53 Å². The Morgan fingerprint density at radius 2 is 1.80 bits per heavy atom. The Balaban J connectivity index is 1.56. The SMILES string of the molecule is CCCNC(=O)[C@@H]1COC2(CCN(C(=O)c3cccc(OC)c3)CC2)N1C(=O)c1ccc(F)cc1. The second kappa shape index (κ2) is 10.4. The molecule has 2 saturated heterocycles. The first-order chi connectivity index (χ1) is 16.9. The Morgan fingerprint density at radius 3 is 2.46 bits per heavy atom. The van der Waals surface area contributed by atoms with Gasteiger partial charge in [-0.2, -0.15) is 0 Å². The Morgan fingerprint density at radius 1 is 1.09 bits per heavy atom. The maximum absolute atomic E-state index is 13.6. The van der Waals surface area contributed by atoms with Gasteiger partial charge in [-0.15, -0.1) is 0 Å². The molecular weight excluding hydrogens is 453 g/mol. The number of hydrogen-bond donors (Lipinski definition) is 1. The third kappa shape index (κ3) is 5.00. The van der Waals surface area contributed by atoms with E-state index in [1.807, 2.05) is 6.92 Å². The fourth-order valence-electron chi connectivity index (χ4n) is 4.66. The largest absolute Gasteiger partial charge is 0.497 e. The van der Waals surface area contributed by atoms with E-state index in [4.69, 9.17) is 9.47 Å². The van der Waals surface area contributed by atoms with Gasteiger partial charge in [-0.25, -0.2) is 4.39 Å². The minimum Gasteiger partial charge on any atom is -0.497 e. The van der Waals surface area contributed by atoms with Gasteiger partial charge >= 0.3 is 0 Å². The van der Waals surface area contributed by atoms with Crippen molar-refractivity contribution >= 4 is 17.7 Å². The molecule has 2 aromatic carbocycles. The van der Waals surface area contributed by atoms with E-state index in [0.29, 0.717) is 43.8 Å². The minimum atomic E-state index is -1.02. The van der Waals surface area contributed by atoms with Gasteiger partial charge in [0, 0.05) is 43.6 Å². The lowest BCUT2D eigenvalue weighted by Crippen LogP contribution is -2.59. The van der Waals surface area contributed by atoms with Crippen LogP contribution in [0.25, 0.3) is 0 Å². The summed E-state index contributed by atoms with van der Waals surface area (Å²) in [5.74, 6) is -0.665. The number of carbonyl (C=O) groups is 3. The second-order valence-electron chi connectivity index (χ2n) is 8.77. The van der Waals surface area contributed by atoms with Crippen LogP contribution in [0, 0.1) is 5.82 Å². The molecule has 186 valence electrons. The summed E-state index contributed by atoms with van der Waals surface area (Å²) in [5, 5.41) is 2.85. The Hall–Kier alpha value is -3.46. The van der Waals surface area contributed by atoms with Gasteiger partial charge < -0.3 is 19.7 Å². The standard InChI is InChI=1S/C26H30FN3O5/c1-3-13-28-23(31)22-17-35-26(30(22)25(33)18-7-9-20(27)10-8-18)11-14-29(15-12-26)24(32)19-5-4-6-21(16-19)34-2/h4-10,16,22H,3,11-15,17H2,1-2H3,(H,28,31)/t22-/m0/s1. The number of ether oxygens (including phenoxy) is 2. The quantitative estimate of drug-likeness (QED) is 0.683. The van der Waals surface area contributed by atoms with E-state index in [1.165, 1.54) is 29.2 Å². The van der Waals surface area contributed by atoms with Crippen LogP contribution in [0.3, 0.4) is 0 Å². The van der Waals surface area contributed by atoms with Crippen molar-refractivity contribution in [2.45, 2.75) is 38.0 Å². The first-order valence-electron chi connectivity index (χ1n) is 11.8. The van der Waals surface area contributed by atoms with Crippen molar-refractivity contribution in [3.63, 3.8) is 0 Å².